The molecule has 2 heterocycles. The van der Waals surface area contributed by atoms with E-state index in [4.69, 9.17) is 28.8 Å². The molecule has 3 aromatic rings. The van der Waals surface area contributed by atoms with Crippen molar-refractivity contribution in [3.05, 3.63) is 66.2 Å². The number of aliphatic hydroxyl groups is 8. The first-order valence-electron chi connectivity index (χ1n) is 15.7. The zero-order chi connectivity index (χ0) is 36.7. The standard InChI is InChI=1S/C20H24O8.C14H19NO7/c1-10(11-3-4-13-8-14(26-2)6-5-12(13)7-11)19(25)28-20-18(24)17(23)16(22)15(9-21)27-20;1-7(17)15-8-2-4-9(5-3-8)21-14-13(20)12(19)11(18)10(6-16)22-14/h3-8,10,15-18,20-24H,9H2,1-2H3;2-5,10-14,16,18-20H,6H2,1H3,(H,15,17). The SMILES string of the molecule is CC(=O)Nc1ccc(OC2OC(CO)C(O)C(O)C2O)cc1.COc1ccc2cc(C(C)C(=O)OC3OC(CO)C(O)C(O)C3O)ccc2c1. The predicted molar refractivity (Wildman–Crippen MR) is 174 cm³/mol. The van der Waals surface area contributed by atoms with Crippen LogP contribution in [-0.4, -0.2) is 134 Å². The van der Waals surface area contributed by atoms with E-state index in [9.17, 15) is 45.3 Å². The van der Waals surface area contributed by atoms with Crippen LogP contribution < -0.4 is 14.8 Å². The maximum atomic E-state index is 12.5. The largest absolute Gasteiger partial charge is 0.497 e. The van der Waals surface area contributed by atoms with Crippen LogP contribution in [0.2, 0.25) is 0 Å². The minimum Gasteiger partial charge on any atom is -0.497 e. The Hall–Kier alpha value is -3.94. The number of ether oxygens (including phenoxy) is 5. The zero-order valence-electron chi connectivity index (χ0n) is 27.5. The molecule has 2 saturated heterocycles. The summed E-state index contributed by atoms with van der Waals surface area (Å²) in [5, 5.41) is 81.6. The summed E-state index contributed by atoms with van der Waals surface area (Å²) >= 11 is 0. The predicted octanol–water partition coefficient (Wildman–Crippen LogP) is -0.881. The summed E-state index contributed by atoms with van der Waals surface area (Å²) in [7, 11) is 1.59. The van der Waals surface area contributed by atoms with Crippen LogP contribution in [0.25, 0.3) is 10.8 Å². The molecule has 16 heteroatoms. The van der Waals surface area contributed by atoms with Crippen molar-refractivity contribution in [2.75, 3.05) is 25.6 Å². The average molecular weight is 706 g/mol. The molecule has 0 saturated carbocycles. The van der Waals surface area contributed by atoms with E-state index in [1.807, 2.05) is 30.3 Å². The number of hydrogen-bond donors (Lipinski definition) is 9. The number of carbonyl (C=O) groups excluding carboxylic acids is 2. The van der Waals surface area contributed by atoms with Crippen LogP contribution in [0, 0.1) is 0 Å². The van der Waals surface area contributed by atoms with Gasteiger partial charge in [-0.1, -0.05) is 24.3 Å². The lowest BCUT2D eigenvalue weighted by Crippen LogP contribution is -2.60. The van der Waals surface area contributed by atoms with Gasteiger partial charge in [0.15, 0.2) is 0 Å². The highest BCUT2D eigenvalue weighted by molar-refractivity contribution is 5.88. The smallest absolute Gasteiger partial charge is 0.315 e. The van der Waals surface area contributed by atoms with E-state index in [0.29, 0.717) is 17.0 Å². The lowest BCUT2D eigenvalue weighted by atomic mass is 9.97. The molecular formula is C34H43NO15. The van der Waals surface area contributed by atoms with Gasteiger partial charge in [-0.05, 0) is 59.7 Å². The number of amides is 1. The highest BCUT2D eigenvalue weighted by Gasteiger charge is 2.46. The van der Waals surface area contributed by atoms with Crippen LogP contribution in [0.4, 0.5) is 5.69 Å². The number of nitrogens with one attached hydrogen (secondary N) is 1. The Bertz CT molecular complexity index is 1570. The second-order valence-electron chi connectivity index (χ2n) is 11.8. The third-order valence-electron chi connectivity index (χ3n) is 8.28. The molecule has 1 amide bonds. The van der Waals surface area contributed by atoms with Gasteiger partial charge in [-0.3, -0.25) is 9.59 Å². The maximum absolute atomic E-state index is 12.5. The van der Waals surface area contributed by atoms with Crippen LogP contribution in [0.1, 0.15) is 25.3 Å². The number of rotatable bonds is 9. The van der Waals surface area contributed by atoms with Crippen molar-refractivity contribution in [1.82, 2.24) is 0 Å². The molecule has 9 N–H and O–H groups in total. The van der Waals surface area contributed by atoms with Crippen LogP contribution in [0.5, 0.6) is 11.5 Å². The summed E-state index contributed by atoms with van der Waals surface area (Å²) in [6.07, 6.45) is -14.0. The normalized spacial score (nSPS) is 30.0. The number of hydrogen-bond acceptors (Lipinski definition) is 15. The Morgan fingerprint density at radius 1 is 0.720 bits per heavy atom. The molecule has 16 nitrogen and oxygen atoms in total. The highest BCUT2D eigenvalue weighted by Crippen LogP contribution is 2.29. The van der Waals surface area contributed by atoms with Crippen LogP contribution in [-0.2, 0) is 23.8 Å². The van der Waals surface area contributed by atoms with Crippen molar-refractivity contribution in [2.45, 2.75) is 81.2 Å². The summed E-state index contributed by atoms with van der Waals surface area (Å²) in [5.41, 5.74) is 1.28. The van der Waals surface area contributed by atoms with Gasteiger partial charge in [0.05, 0.1) is 26.2 Å². The number of anilines is 1. The Morgan fingerprint density at radius 2 is 1.24 bits per heavy atom. The van der Waals surface area contributed by atoms with E-state index < -0.39 is 86.5 Å². The lowest BCUT2D eigenvalue weighted by molar-refractivity contribution is -0.293. The first-order valence-corrected chi connectivity index (χ1v) is 15.7. The molecular weight excluding hydrogens is 662 g/mol. The molecule has 274 valence electrons. The van der Waals surface area contributed by atoms with Gasteiger partial charge in [-0.15, -0.1) is 0 Å². The molecule has 50 heavy (non-hydrogen) atoms. The molecule has 2 aliphatic heterocycles. The first-order chi connectivity index (χ1) is 23.8. The summed E-state index contributed by atoms with van der Waals surface area (Å²) in [5.74, 6) is -0.479. The maximum Gasteiger partial charge on any atom is 0.315 e. The quantitative estimate of drug-likeness (QED) is 0.123. The van der Waals surface area contributed by atoms with Crippen molar-refractivity contribution >= 4 is 28.3 Å². The van der Waals surface area contributed by atoms with Gasteiger partial charge < -0.3 is 69.9 Å². The Kier molecular flexibility index (Phi) is 13.5. The Labute approximate surface area is 287 Å². The van der Waals surface area contributed by atoms with Gasteiger partial charge >= 0.3 is 5.97 Å². The van der Waals surface area contributed by atoms with Gasteiger partial charge in [0.2, 0.25) is 18.5 Å². The number of fused-ring (bicyclic) bond motifs is 1. The van der Waals surface area contributed by atoms with Crippen molar-refractivity contribution in [1.29, 1.82) is 0 Å². The highest BCUT2D eigenvalue weighted by atomic mass is 16.7. The van der Waals surface area contributed by atoms with E-state index in [1.165, 1.54) is 6.92 Å². The second-order valence-corrected chi connectivity index (χ2v) is 11.8. The number of carbonyl (C=O) groups is 2. The number of methoxy groups -OCH3 is 1. The Morgan fingerprint density at radius 3 is 1.80 bits per heavy atom. The van der Waals surface area contributed by atoms with Gasteiger partial charge in [-0.2, -0.15) is 0 Å². The van der Waals surface area contributed by atoms with Crippen molar-refractivity contribution < 1.29 is 74.1 Å². The molecule has 2 fully saturated rings. The molecule has 2 aliphatic rings. The number of benzene rings is 3. The van der Waals surface area contributed by atoms with Crippen LogP contribution in [0.15, 0.2) is 60.7 Å². The molecule has 5 rings (SSSR count). The molecule has 0 radical (unpaired) electrons. The average Bonchev–Trinajstić information content (AvgIpc) is 3.12. The van der Waals surface area contributed by atoms with Crippen molar-refractivity contribution in [2.24, 2.45) is 0 Å². The van der Waals surface area contributed by atoms with Gasteiger partial charge in [0, 0.05) is 12.6 Å². The second kappa shape index (κ2) is 17.3. The third kappa shape index (κ3) is 9.23. The third-order valence-corrected chi connectivity index (χ3v) is 8.28. The van der Waals surface area contributed by atoms with Gasteiger partial charge in [-0.25, -0.2) is 0 Å². The molecule has 0 spiro atoms. The van der Waals surface area contributed by atoms with E-state index in [-0.39, 0.29) is 5.91 Å². The molecule has 3 aromatic carbocycles. The van der Waals surface area contributed by atoms with Crippen LogP contribution >= 0.6 is 0 Å². The summed E-state index contributed by atoms with van der Waals surface area (Å²) < 4.78 is 26.3. The fraction of sp³-hybridized carbons (Fsp3) is 0.471. The monoisotopic (exact) mass is 705 g/mol. The molecule has 0 aliphatic carbocycles. The van der Waals surface area contributed by atoms with Gasteiger partial charge in [0.25, 0.3) is 0 Å². The lowest BCUT2D eigenvalue weighted by Gasteiger charge is -2.39. The molecule has 11 atom stereocenters. The van der Waals surface area contributed by atoms with E-state index in [2.05, 4.69) is 5.32 Å². The Balaban J connectivity index is 0.000000232. The summed E-state index contributed by atoms with van der Waals surface area (Å²) in [6.45, 7) is 1.92. The fourth-order valence-electron chi connectivity index (χ4n) is 5.27. The number of aliphatic hydroxyl groups excluding tert-OH is 8. The minimum absolute atomic E-state index is 0.206. The van der Waals surface area contributed by atoms with E-state index >= 15 is 0 Å². The zero-order valence-corrected chi connectivity index (χ0v) is 27.5. The van der Waals surface area contributed by atoms with Gasteiger partial charge in [0.1, 0.15) is 60.3 Å². The van der Waals surface area contributed by atoms with Crippen molar-refractivity contribution in [3.63, 3.8) is 0 Å². The van der Waals surface area contributed by atoms with Crippen molar-refractivity contribution in [3.8, 4) is 11.5 Å². The molecule has 0 aromatic heterocycles. The van der Waals surface area contributed by atoms with E-state index in [1.54, 1.807) is 44.4 Å². The summed E-state index contributed by atoms with van der Waals surface area (Å²) in [4.78, 5) is 23.5. The summed E-state index contributed by atoms with van der Waals surface area (Å²) in [6, 6.07) is 17.4. The minimum atomic E-state index is -1.63. The topological polar surface area (TPSA) is 254 Å². The number of esters is 1. The first kappa shape index (κ1) is 38.9. The molecule has 11 unspecified atom stereocenters. The van der Waals surface area contributed by atoms with E-state index in [0.717, 1.165) is 16.5 Å². The fourth-order valence-corrected chi connectivity index (χ4v) is 5.27. The molecule has 0 bridgehead atoms. The van der Waals surface area contributed by atoms with Crippen LogP contribution in [0.3, 0.4) is 0 Å².